The Kier molecular flexibility index (Phi) is 2.73. The Morgan fingerprint density at radius 3 is 2.94 bits per heavy atom. The molecule has 0 atom stereocenters. The van der Waals surface area contributed by atoms with E-state index in [4.69, 9.17) is 0 Å². The second kappa shape index (κ2) is 4.22. The van der Waals surface area contributed by atoms with Crippen molar-refractivity contribution in [2.24, 2.45) is 0 Å². The molecule has 1 N–H and O–H groups in total. The highest BCUT2D eigenvalue weighted by molar-refractivity contribution is 7.99. The molecule has 0 aromatic carbocycles. The third-order valence-corrected chi connectivity index (χ3v) is 4.44. The van der Waals surface area contributed by atoms with E-state index in [0.29, 0.717) is 11.7 Å². The maximum atomic E-state index is 11.0. The Hall–Kier alpha value is -0.810. The zero-order valence-corrected chi connectivity index (χ0v) is 9.92. The molecule has 5 heteroatoms. The molecular weight excluding hydrogens is 222 g/mol. The van der Waals surface area contributed by atoms with Crippen LogP contribution in [0, 0.1) is 0 Å². The van der Waals surface area contributed by atoms with E-state index in [9.17, 15) is 4.79 Å². The van der Waals surface area contributed by atoms with Crippen molar-refractivity contribution in [3.05, 3.63) is 17.0 Å². The summed E-state index contributed by atoms with van der Waals surface area (Å²) in [5, 5.41) is 7.77. The van der Waals surface area contributed by atoms with Gasteiger partial charge in [0.1, 0.15) is 5.69 Å². The summed E-state index contributed by atoms with van der Waals surface area (Å²) in [4.78, 5) is 11.0. The number of nitrogens with zero attached hydrogens (tertiary/aromatic N) is 2. The van der Waals surface area contributed by atoms with Gasteiger partial charge in [0.05, 0.1) is 11.7 Å². The quantitative estimate of drug-likeness (QED) is 0.789. The van der Waals surface area contributed by atoms with Gasteiger partial charge < -0.3 is 5.32 Å². The highest BCUT2D eigenvalue weighted by Gasteiger charge is 2.26. The molecule has 86 valence electrons. The molecule has 0 bridgehead atoms. The fourth-order valence-electron chi connectivity index (χ4n) is 2.54. The fraction of sp³-hybridized carbons (Fsp3) is 0.636. The number of carbonyl (C=O) groups excluding carboxylic acids is 1. The average Bonchev–Trinajstić information content (AvgIpc) is 2.91. The van der Waals surface area contributed by atoms with Crippen LogP contribution in [0.25, 0.3) is 0 Å². The molecule has 0 aliphatic carbocycles. The Balaban J connectivity index is 1.97. The summed E-state index contributed by atoms with van der Waals surface area (Å²) >= 11 is 2.01. The maximum absolute atomic E-state index is 11.0. The lowest BCUT2D eigenvalue weighted by molar-refractivity contribution is 0.111. The second-order valence-electron chi connectivity index (χ2n) is 4.32. The van der Waals surface area contributed by atoms with Crippen LogP contribution in [-0.2, 0) is 13.1 Å². The summed E-state index contributed by atoms with van der Waals surface area (Å²) in [6, 6.07) is 0.503. The molecule has 2 aliphatic rings. The van der Waals surface area contributed by atoms with Crippen LogP contribution in [-0.4, -0.2) is 27.6 Å². The van der Waals surface area contributed by atoms with Gasteiger partial charge in [0.2, 0.25) is 0 Å². The lowest BCUT2D eigenvalue weighted by Gasteiger charge is -2.23. The largest absolute Gasteiger partial charge is 0.307 e. The molecule has 0 unspecified atom stereocenters. The first-order chi connectivity index (χ1) is 7.90. The van der Waals surface area contributed by atoms with Gasteiger partial charge in [-0.25, -0.2) is 0 Å². The van der Waals surface area contributed by atoms with E-state index < -0.39 is 0 Å². The molecule has 4 nitrogen and oxygen atoms in total. The van der Waals surface area contributed by atoms with Crippen molar-refractivity contribution in [1.82, 2.24) is 15.1 Å². The van der Waals surface area contributed by atoms with Gasteiger partial charge in [-0.05, 0) is 24.3 Å². The number of aromatic nitrogens is 2. The number of hydrogen-bond donors (Lipinski definition) is 1. The third-order valence-electron chi connectivity index (χ3n) is 3.39. The normalized spacial score (nSPS) is 21.0. The van der Waals surface area contributed by atoms with Gasteiger partial charge in [-0.2, -0.15) is 16.9 Å². The van der Waals surface area contributed by atoms with Crippen molar-refractivity contribution < 1.29 is 4.79 Å². The molecule has 3 rings (SSSR count). The molecule has 3 heterocycles. The molecule has 0 amide bonds. The number of rotatable bonds is 2. The smallest absolute Gasteiger partial charge is 0.170 e. The standard InChI is InChI=1S/C11H15N3OS/c15-7-10-9-5-12-6-11(9)14(13-10)8-1-3-16-4-2-8/h7-8,12H,1-6H2. The monoisotopic (exact) mass is 237 g/mol. The molecule has 1 saturated heterocycles. The fourth-order valence-corrected chi connectivity index (χ4v) is 3.62. The summed E-state index contributed by atoms with van der Waals surface area (Å²) in [6.07, 6.45) is 3.24. The van der Waals surface area contributed by atoms with Gasteiger partial charge in [-0.1, -0.05) is 0 Å². The average molecular weight is 237 g/mol. The van der Waals surface area contributed by atoms with Crippen LogP contribution in [0.4, 0.5) is 0 Å². The highest BCUT2D eigenvalue weighted by Crippen LogP contribution is 2.30. The molecule has 0 radical (unpaired) electrons. The molecule has 16 heavy (non-hydrogen) atoms. The van der Waals surface area contributed by atoms with E-state index >= 15 is 0 Å². The summed E-state index contributed by atoms with van der Waals surface area (Å²) in [6.45, 7) is 1.66. The first-order valence-corrected chi connectivity index (χ1v) is 6.89. The van der Waals surface area contributed by atoms with Crippen LogP contribution in [0.5, 0.6) is 0 Å². The van der Waals surface area contributed by atoms with Crippen LogP contribution in [0.1, 0.15) is 40.6 Å². The Labute approximate surface area is 98.8 Å². The number of carbonyl (C=O) groups is 1. The van der Waals surface area contributed by atoms with Gasteiger partial charge in [0.25, 0.3) is 0 Å². The molecular formula is C11H15N3OS. The summed E-state index contributed by atoms with van der Waals surface area (Å²) < 4.78 is 2.11. The van der Waals surface area contributed by atoms with Crippen molar-refractivity contribution in [1.29, 1.82) is 0 Å². The van der Waals surface area contributed by atoms with Crippen LogP contribution < -0.4 is 5.32 Å². The first kappa shape index (κ1) is 10.4. The molecule has 2 aliphatic heterocycles. The highest BCUT2D eigenvalue weighted by atomic mass is 32.2. The predicted octanol–water partition coefficient (Wildman–Crippen LogP) is 1.37. The molecule has 1 aromatic heterocycles. The minimum Gasteiger partial charge on any atom is -0.307 e. The summed E-state index contributed by atoms with van der Waals surface area (Å²) in [5.74, 6) is 2.42. The zero-order chi connectivity index (χ0) is 11.0. The van der Waals surface area contributed by atoms with E-state index in [1.165, 1.54) is 30.0 Å². The molecule has 0 spiro atoms. The van der Waals surface area contributed by atoms with Crippen LogP contribution in [0.2, 0.25) is 0 Å². The maximum Gasteiger partial charge on any atom is 0.170 e. The van der Waals surface area contributed by atoms with Gasteiger partial charge in [0, 0.05) is 18.7 Å². The van der Waals surface area contributed by atoms with Crippen LogP contribution in [0.3, 0.4) is 0 Å². The molecule has 1 fully saturated rings. The van der Waals surface area contributed by atoms with Gasteiger partial charge >= 0.3 is 0 Å². The Morgan fingerprint density at radius 1 is 1.38 bits per heavy atom. The zero-order valence-electron chi connectivity index (χ0n) is 9.11. The van der Waals surface area contributed by atoms with Crippen molar-refractivity contribution in [3.8, 4) is 0 Å². The van der Waals surface area contributed by atoms with E-state index in [0.717, 1.165) is 24.9 Å². The Bertz CT molecular complexity index is 410. The lowest BCUT2D eigenvalue weighted by Crippen LogP contribution is -2.19. The van der Waals surface area contributed by atoms with Crippen LogP contribution >= 0.6 is 11.8 Å². The van der Waals surface area contributed by atoms with Crippen LogP contribution in [0.15, 0.2) is 0 Å². The summed E-state index contributed by atoms with van der Waals surface area (Å²) in [5.41, 5.74) is 2.99. The minimum absolute atomic E-state index is 0.503. The van der Waals surface area contributed by atoms with Crippen molar-refractivity contribution in [2.45, 2.75) is 32.0 Å². The predicted molar refractivity (Wildman–Crippen MR) is 63.8 cm³/mol. The lowest BCUT2D eigenvalue weighted by atomic mass is 10.1. The SMILES string of the molecule is O=Cc1nn(C2CCSCC2)c2c1CNC2. The van der Waals surface area contributed by atoms with Gasteiger partial charge in [-0.15, -0.1) is 0 Å². The van der Waals surface area contributed by atoms with Crippen molar-refractivity contribution in [2.75, 3.05) is 11.5 Å². The minimum atomic E-state index is 0.503. The molecule has 1 aromatic rings. The summed E-state index contributed by atoms with van der Waals surface area (Å²) in [7, 11) is 0. The number of thioether (sulfide) groups is 1. The number of fused-ring (bicyclic) bond motifs is 1. The van der Waals surface area contributed by atoms with Crippen molar-refractivity contribution >= 4 is 18.0 Å². The van der Waals surface area contributed by atoms with E-state index in [1.54, 1.807) is 0 Å². The van der Waals surface area contributed by atoms with Gasteiger partial charge in [0.15, 0.2) is 6.29 Å². The second-order valence-corrected chi connectivity index (χ2v) is 5.54. The van der Waals surface area contributed by atoms with Crippen molar-refractivity contribution in [3.63, 3.8) is 0 Å². The molecule has 0 saturated carbocycles. The first-order valence-electron chi connectivity index (χ1n) is 5.74. The topological polar surface area (TPSA) is 46.9 Å². The van der Waals surface area contributed by atoms with E-state index in [2.05, 4.69) is 15.1 Å². The third kappa shape index (κ3) is 1.58. The number of nitrogens with one attached hydrogen (secondary N) is 1. The Morgan fingerprint density at radius 2 is 2.19 bits per heavy atom. The van der Waals surface area contributed by atoms with Gasteiger partial charge in [-0.3, -0.25) is 9.48 Å². The van der Waals surface area contributed by atoms with E-state index in [-0.39, 0.29) is 0 Å². The van der Waals surface area contributed by atoms with E-state index in [1.807, 2.05) is 11.8 Å². The number of aldehydes is 1. The number of hydrogen-bond acceptors (Lipinski definition) is 4.